The Morgan fingerprint density at radius 3 is 2.38 bits per heavy atom. The monoisotopic (exact) mass is 350 g/mol. The lowest BCUT2D eigenvalue weighted by Crippen LogP contribution is -2.38. The second kappa shape index (κ2) is 9.04. The molecule has 0 bridgehead atoms. The molecule has 0 spiro atoms. The van der Waals surface area contributed by atoms with Gasteiger partial charge in [-0.15, -0.1) is 0 Å². The molecule has 1 amide bonds. The quantitative estimate of drug-likeness (QED) is 0.408. The van der Waals surface area contributed by atoms with E-state index in [1.54, 1.807) is 0 Å². The first-order valence-electron chi connectivity index (χ1n) is 9.14. The molecule has 1 aliphatic carbocycles. The summed E-state index contributed by atoms with van der Waals surface area (Å²) in [5.41, 5.74) is 3.38. The topological polar surface area (TPSA) is 65.5 Å². The normalized spacial score (nSPS) is 14.0. The van der Waals surface area contributed by atoms with Gasteiger partial charge in [0.05, 0.1) is 6.54 Å². The summed E-state index contributed by atoms with van der Waals surface area (Å²) < 4.78 is 0. The first-order chi connectivity index (χ1) is 12.7. The zero-order valence-corrected chi connectivity index (χ0v) is 15.2. The van der Waals surface area contributed by atoms with Gasteiger partial charge in [0.15, 0.2) is 5.96 Å². The molecular weight excluding hydrogens is 324 g/mol. The molecular formula is C21H26N4O. The van der Waals surface area contributed by atoms with Crippen LogP contribution in [0.4, 0.5) is 5.69 Å². The van der Waals surface area contributed by atoms with Gasteiger partial charge in [-0.3, -0.25) is 4.79 Å². The summed E-state index contributed by atoms with van der Waals surface area (Å²) >= 11 is 0. The van der Waals surface area contributed by atoms with Crippen molar-refractivity contribution in [1.29, 1.82) is 0 Å². The minimum absolute atomic E-state index is 0.168. The molecule has 136 valence electrons. The number of benzene rings is 2. The molecule has 1 aliphatic rings. The van der Waals surface area contributed by atoms with E-state index in [4.69, 9.17) is 0 Å². The minimum Gasteiger partial charge on any atom is -0.354 e. The Bertz CT molecular complexity index is 736. The van der Waals surface area contributed by atoms with Gasteiger partial charge in [0.25, 0.3) is 0 Å². The third kappa shape index (κ3) is 5.92. The minimum atomic E-state index is 0.168. The summed E-state index contributed by atoms with van der Waals surface area (Å²) in [6.07, 6.45) is 2.05. The zero-order valence-electron chi connectivity index (χ0n) is 15.2. The number of rotatable bonds is 7. The Balaban J connectivity index is 1.55. The van der Waals surface area contributed by atoms with Gasteiger partial charge in [-0.2, -0.15) is 0 Å². The largest absolute Gasteiger partial charge is 0.354 e. The van der Waals surface area contributed by atoms with Gasteiger partial charge in [-0.25, -0.2) is 4.99 Å². The van der Waals surface area contributed by atoms with Crippen LogP contribution in [0.15, 0.2) is 59.6 Å². The van der Waals surface area contributed by atoms with Gasteiger partial charge in [0, 0.05) is 24.7 Å². The number of para-hydroxylation sites is 1. The summed E-state index contributed by atoms with van der Waals surface area (Å²) in [4.78, 5) is 16.4. The molecule has 0 atom stereocenters. The maximum Gasteiger partial charge on any atom is 0.223 e. The van der Waals surface area contributed by atoms with Crippen LogP contribution < -0.4 is 16.0 Å². The fraction of sp³-hybridized carbons (Fsp3) is 0.333. The van der Waals surface area contributed by atoms with Gasteiger partial charge in [-0.1, -0.05) is 48.0 Å². The Morgan fingerprint density at radius 1 is 1.00 bits per heavy atom. The van der Waals surface area contributed by atoms with E-state index in [9.17, 15) is 4.79 Å². The van der Waals surface area contributed by atoms with Crippen LogP contribution in [-0.4, -0.2) is 25.0 Å². The smallest absolute Gasteiger partial charge is 0.223 e. The van der Waals surface area contributed by atoms with Crippen LogP contribution in [0.3, 0.4) is 0 Å². The molecule has 1 fully saturated rings. The third-order valence-electron chi connectivity index (χ3n) is 4.24. The number of carbonyl (C=O) groups excluding carboxylic acids is 1. The Hall–Kier alpha value is -2.82. The van der Waals surface area contributed by atoms with E-state index >= 15 is 0 Å². The lowest BCUT2D eigenvalue weighted by atomic mass is 10.1. The average Bonchev–Trinajstić information content (AvgIpc) is 3.50. The highest BCUT2D eigenvalue weighted by Gasteiger charge is 2.28. The lowest BCUT2D eigenvalue weighted by Gasteiger charge is -2.13. The van der Waals surface area contributed by atoms with Crippen molar-refractivity contribution in [3.05, 3.63) is 65.7 Å². The second-order valence-corrected chi connectivity index (χ2v) is 6.63. The molecule has 3 rings (SSSR count). The number of amides is 1. The predicted molar refractivity (Wildman–Crippen MR) is 106 cm³/mol. The highest BCUT2D eigenvalue weighted by Crippen LogP contribution is 2.28. The third-order valence-corrected chi connectivity index (χ3v) is 4.24. The molecule has 0 aromatic heterocycles. The SMILES string of the molecule is Cc1ccc(CN=C(NCCNC(=O)C2CC2)Nc2ccccc2)cc1. The van der Waals surface area contributed by atoms with E-state index in [2.05, 4.69) is 52.1 Å². The van der Waals surface area contributed by atoms with E-state index < -0.39 is 0 Å². The highest BCUT2D eigenvalue weighted by molar-refractivity contribution is 5.93. The number of hydrogen-bond donors (Lipinski definition) is 3. The molecule has 0 aliphatic heterocycles. The number of aliphatic imine (C=N–C) groups is 1. The first kappa shape index (κ1) is 18.0. The van der Waals surface area contributed by atoms with Crippen molar-refractivity contribution in [2.45, 2.75) is 26.3 Å². The lowest BCUT2D eigenvalue weighted by molar-refractivity contribution is -0.122. The standard InChI is InChI=1S/C21H26N4O/c1-16-7-9-17(10-8-16)15-24-21(25-19-5-3-2-4-6-19)23-14-13-22-20(26)18-11-12-18/h2-10,18H,11-15H2,1H3,(H,22,26)(H2,23,24,25). The van der Waals surface area contributed by atoms with Crippen LogP contribution in [0.2, 0.25) is 0 Å². The molecule has 3 N–H and O–H groups in total. The maximum atomic E-state index is 11.7. The molecule has 0 unspecified atom stereocenters. The van der Waals surface area contributed by atoms with Crippen LogP contribution in [0.5, 0.6) is 0 Å². The zero-order chi connectivity index (χ0) is 18.2. The second-order valence-electron chi connectivity index (χ2n) is 6.63. The fourth-order valence-electron chi connectivity index (χ4n) is 2.52. The van der Waals surface area contributed by atoms with Gasteiger partial charge in [-0.05, 0) is 37.5 Å². The van der Waals surface area contributed by atoms with Crippen molar-refractivity contribution < 1.29 is 4.79 Å². The Labute approximate surface area is 154 Å². The fourth-order valence-corrected chi connectivity index (χ4v) is 2.52. The van der Waals surface area contributed by atoms with Gasteiger partial charge >= 0.3 is 0 Å². The molecule has 0 saturated heterocycles. The van der Waals surface area contributed by atoms with Crippen molar-refractivity contribution in [2.24, 2.45) is 10.9 Å². The van der Waals surface area contributed by atoms with Crippen molar-refractivity contribution >= 4 is 17.6 Å². The first-order valence-corrected chi connectivity index (χ1v) is 9.14. The summed E-state index contributed by atoms with van der Waals surface area (Å²) in [5.74, 6) is 1.12. The molecule has 0 heterocycles. The molecule has 5 nitrogen and oxygen atoms in total. The van der Waals surface area contributed by atoms with Crippen molar-refractivity contribution in [2.75, 3.05) is 18.4 Å². The number of anilines is 1. The molecule has 1 saturated carbocycles. The van der Waals surface area contributed by atoms with E-state index in [0.717, 1.165) is 24.1 Å². The number of nitrogens with one attached hydrogen (secondary N) is 3. The average molecular weight is 350 g/mol. The van der Waals surface area contributed by atoms with Crippen LogP contribution >= 0.6 is 0 Å². The number of guanidine groups is 1. The van der Waals surface area contributed by atoms with Gasteiger partial charge in [0.1, 0.15) is 0 Å². The number of nitrogens with zero attached hydrogens (tertiary/aromatic N) is 1. The van der Waals surface area contributed by atoms with Crippen LogP contribution in [0, 0.1) is 12.8 Å². The summed E-state index contributed by atoms with van der Waals surface area (Å²) in [7, 11) is 0. The molecule has 2 aromatic carbocycles. The van der Waals surface area contributed by atoms with E-state index in [-0.39, 0.29) is 11.8 Å². The van der Waals surface area contributed by atoms with Crippen molar-refractivity contribution in [1.82, 2.24) is 10.6 Å². The summed E-state index contributed by atoms with van der Waals surface area (Å²) in [6, 6.07) is 18.3. The molecule has 2 aromatic rings. The molecule has 26 heavy (non-hydrogen) atoms. The van der Waals surface area contributed by atoms with Gasteiger partial charge in [0.2, 0.25) is 5.91 Å². The molecule has 5 heteroatoms. The van der Waals surface area contributed by atoms with Crippen LogP contribution in [0.1, 0.15) is 24.0 Å². The Morgan fingerprint density at radius 2 is 1.69 bits per heavy atom. The van der Waals surface area contributed by atoms with Crippen molar-refractivity contribution in [3.8, 4) is 0 Å². The number of carbonyl (C=O) groups is 1. The van der Waals surface area contributed by atoms with E-state index in [0.29, 0.717) is 25.6 Å². The predicted octanol–water partition coefficient (Wildman–Crippen LogP) is 3.08. The number of aryl methyl sites for hydroxylation is 1. The molecule has 0 radical (unpaired) electrons. The van der Waals surface area contributed by atoms with E-state index in [1.165, 1.54) is 5.56 Å². The highest BCUT2D eigenvalue weighted by atomic mass is 16.2. The van der Waals surface area contributed by atoms with E-state index in [1.807, 2.05) is 30.3 Å². The summed E-state index contributed by atoms with van der Waals surface area (Å²) in [5, 5.41) is 9.56. The number of hydrogen-bond acceptors (Lipinski definition) is 2. The van der Waals surface area contributed by atoms with Crippen molar-refractivity contribution in [3.63, 3.8) is 0 Å². The summed E-state index contributed by atoms with van der Waals surface area (Å²) in [6.45, 7) is 3.89. The van der Waals surface area contributed by atoms with Crippen LogP contribution in [0.25, 0.3) is 0 Å². The van der Waals surface area contributed by atoms with Crippen LogP contribution in [-0.2, 0) is 11.3 Å². The maximum absolute atomic E-state index is 11.7. The van der Waals surface area contributed by atoms with Gasteiger partial charge < -0.3 is 16.0 Å². The Kier molecular flexibility index (Phi) is 6.25.